The van der Waals surface area contributed by atoms with Crippen molar-refractivity contribution < 1.29 is 10.0 Å². The molecule has 0 spiro atoms. The summed E-state index contributed by atoms with van der Waals surface area (Å²) in [4.78, 5) is 10.4. The Morgan fingerprint density at radius 2 is 2.28 bits per heavy atom. The molecule has 8 heteroatoms. The van der Waals surface area contributed by atoms with Gasteiger partial charge in [0.05, 0.1) is 17.6 Å². The van der Waals surface area contributed by atoms with Crippen LogP contribution in [0.2, 0.25) is 0 Å². The van der Waals surface area contributed by atoms with E-state index in [-0.39, 0.29) is 12.2 Å². The summed E-state index contributed by atoms with van der Waals surface area (Å²) in [6.07, 6.45) is -0.658. The standard InChI is InChI=1S/C10H19N5O3/c1-7-10(15(17)18)8(2)14(13-7)6-9(16)5-12-4-3-11/h9,12,16H,3-6,11H2,1-2H3. The number of hydrogen-bond acceptors (Lipinski definition) is 6. The Morgan fingerprint density at radius 3 is 2.78 bits per heavy atom. The van der Waals surface area contributed by atoms with Crippen LogP contribution in [0, 0.1) is 24.0 Å². The molecule has 0 amide bonds. The average Bonchev–Trinajstić information content (AvgIpc) is 2.54. The normalized spacial score (nSPS) is 12.7. The fraction of sp³-hybridized carbons (Fsp3) is 0.700. The maximum Gasteiger partial charge on any atom is 0.312 e. The summed E-state index contributed by atoms with van der Waals surface area (Å²) in [5, 5.41) is 27.6. The Bertz CT molecular complexity index is 418. The number of aryl methyl sites for hydroxylation is 1. The van der Waals surface area contributed by atoms with Crippen molar-refractivity contribution in [2.75, 3.05) is 19.6 Å². The van der Waals surface area contributed by atoms with Crippen LogP contribution in [0.1, 0.15) is 11.4 Å². The van der Waals surface area contributed by atoms with E-state index in [9.17, 15) is 15.2 Å². The number of nitrogens with two attached hydrogens (primary N) is 1. The molecule has 4 N–H and O–H groups in total. The van der Waals surface area contributed by atoms with Gasteiger partial charge < -0.3 is 16.2 Å². The van der Waals surface area contributed by atoms with Gasteiger partial charge in [0.1, 0.15) is 11.4 Å². The summed E-state index contributed by atoms with van der Waals surface area (Å²) in [6, 6.07) is 0. The maximum atomic E-state index is 10.8. The molecule has 0 aliphatic rings. The molecule has 0 aliphatic carbocycles. The largest absolute Gasteiger partial charge is 0.390 e. The van der Waals surface area contributed by atoms with Gasteiger partial charge in [-0.15, -0.1) is 0 Å². The molecule has 1 rings (SSSR count). The third kappa shape index (κ3) is 3.49. The summed E-state index contributed by atoms with van der Waals surface area (Å²) in [5.74, 6) is 0. The van der Waals surface area contributed by atoms with Crippen molar-refractivity contribution in [3.8, 4) is 0 Å². The highest BCUT2D eigenvalue weighted by molar-refractivity contribution is 5.39. The number of nitrogens with one attached hydrogen (secondary N) is 1. The van der Waals surface area contributed by atoms with Crippen LogP contribution in [0.25, 0.3) is 0 Å². The first-order valence-electron chi connectivity index (χ1n) is 5.74. The van der Waals surface area contributed by atoms with Crippen molar-refractivity contribution >= 4 is 5.69 Å². The predicted octanol–water partition coefficient (Wildman–Crippen LogP) is -0.683. The van der Waals surface area contributed by atoms with Gasteiger partial charge in [-0.25, -0.2) is 0 Å². The molecule has 1 aromatic heterocycles. The number of nitro groups is 1. The van der Waals surface area contributed by atoms with E-state index >= 15 is 0 Å². The van der Waals surface area contributed by atoms with Crippen molar-refractivity contribution in [1.29, 1.82) is 0 Å². The minimum Gasteiger partial charge on any atom is -0.390 e. The van der Waals surface area contributed by atoms with E-state index in [0.29, 0.717) is 31.0 Å². The van der Waals surface area contributed by atoms with Gasteiger partial charge in [0, 0.05) is 19.6 Å². The van der Waals surface area contributed by atoms with Gasteiger partial charge in [0.15, 0.2) is 0 Å². The second-order valence-corrected chi connectivity index (χ2v) is 4.11. The second-order valence-electron chi connectivity index (χ2n) is 4.11. The molecule has 1 heterocycles. The molecular weight excluding hydrogens is 238 g/mol. The number of rotatable bonds is 7. The van der Waals surface area contributed by atoms with Gasteiger partial charge in [0.25, 0.3) is 0 Å². The van der Waals surface area contributed by atoms with E-state index in [1.54, 1.807) is 13.8 Å². The Morgan fingerprint density at radius 1 is 1.61 bits per heavy atom. The van der Waals surface area contributed by atoms with E-state index in [4.69, 9.17) is 5.73 Å². The molecule has 0 fully saturated rings. The zero-order valence-corrected chi connectivity index (χ0v) is 10.6. The van der Waals surface area contributed by atoms with Gasteiger partial charge in [-0.2, -0.15) is 5.10 Å². The van der Waals surface area contributed by atoms with Crippen molar-refractivity contribution in [2.24, 2.45) is 5.73 Å². The Balaban J connectivity index is 2.68. The lowest BCUT2D eigenvalue weighted by molar-refractivity contribution is -0.386. The van der Waals surface area contributed by atoms with Crippen molar-refractivity contribution in [3.05, 3.63) is 21.5 Å². The fourth-order valence-corrected chi connectivity index (χ4v) is 1.76. The molecule has 0 aliphatic heterocycles. The van der Waals surface area contributed by atoms with Crippen LogP contribution in [0.3, 0.4) is 0 Å². The summed E-state index contributed by atoms with van der Waals surface area (Å²) in [5.41, 5.74) is 6.14. The molecule has 18 heavy (non-hydrogen) atoms. The van der Waals surface area contributed by atoms with Gasteiger partial charge in [-0.1, -0.05) is 0 Å². The van der Waals surface area contributed by atoms with Crippen LogP contribution in [0.15, 0.2) is 0 Å². The number of nitrogens with zero attached hydrogens (tertiary/aromatic N) is 3. The van der Waals surface area contributed by atoms with Gasteiger partial charge in [-0.3, -0.25) is 14.8 Å². The highest BCUT2D eigenvalue weighted by Gasteiger charge is 2.22. The molecule has 0 aromatic carbocycles. The van der Waals surface area contributed by atoms with Crippen LogP contribution in [0.4, 0.5) is 5.69 Å². The Labute approximate surface area is 105 Å². The average molecular weight is 257 g/mol. The van der Waals surface area contributed by atoms with Crippen molar-refractivity contribution in [1.82, 2.24) is 15.1 Å². The Hall–Kier alpha value is -1.51. The van der Waals surface area contributed by atoms with Crippen LogP contribution >= 0.6 is 0 Å². The minimum absolute atomic E-state index is 0.0112. The number of aromatic nitrogens is 2. The number of aliphatic hydroxyl groups is 1. The lowest BCUT2D eigenvalue weighted by atomic mass is 10.3. The molecule has 1 unspecified atom stereocenters. The molecule has 0 saturated heterocycles. The third-order valence-corrected chi connectivity index (χ3v) is 2.61. The van der Waals surface area contributed by atoms with Crippen molar-refractivity contribution in [3.63, 3.8) is 0 Å². The molecule has 102 valence electrons. The first-order chi connectivity index (χ1) is 8.47. The zero-order valence-electron chi connectivity index (χ0n) is 10.6. The first kappa shape index (κ1) is 14.6. The lowest BCUT2D eigenvalue weighted by Gasteiger charge is -2.12. The zero-order chi connectivity index (χ0) is 13.7. The number of hydrogen-bond donors (Lipinski definition) is 3. The SMILES string of the molecule is Cc1nn(CC(O)CNCCN)c(C)c1[N+](=O)[O-]. The van der Waals surface area contributed by atoms with Crippen LogP contribution in [-0.2, 0) is 6.54 Å². The quantitative estimate of drug-likeness (QED) is 0.338. The molecule has 0 bridgehead atoms. The van der Waals surface area contributed by atoms with E-state index < -0.39 is 11.0 Å². The van der Waals surface area contributed by atoms with Crippen molar-refractivity contribution in [2.45, 2.75) is 26.5 Å². The van der Waals surface area contributed by atoms with Crippen LogP contribution in [-0.4, -0.2) is 45.5 Å². The molecule has 1 aromatic rings. The molecule has 8 nitrogen and oxygen atoms in total. The monoisotopic (exact) mass is 257 g/mol. The molecule has 0 saturated carbocycles. The van der Waals surface area contributed by atoms with Gasteiger partial charge in [0.2, 0.25) is 0 Å². The fourth-order valence-electron chi connectivity index (χ4n) is 1.76. The Kier molecular flexibility index (Phi) is 5.20. The summed E-state index contributed by atoms with van der Waals surface area (Å²) in [7, 11) is 0. The van der Waals surface area contributed by atoms with Gasteiger partial charge >= 0.3 is 5.69 Å². The summed E-state index contributed by atoms with van der Waals surface area (Å²) >= 11 is 0. The topological polar surface area (TPSA) is 119 Å². The summed E-state index contributed by atoms with van der Waals surface area (Å²) in [6.45, 7) is 4.92. The van der Waals surface area contributed by atoms with E-state index in [2.05, 4.69) is 10.4 Å². The molecular formula is C10H19N5O3. The lowest BCUT2D eigenvalue weighted by Crippen LogP contribution is -2.33. The maximum absolute atomic E-state index is 10.8. The second kappa shape index (κ2) is 6.43. The highest BCUT2D eigenvalue weighted by atomic mass is 16.6. The minimum atomic E-state index is -0.658. The van der Waals surface area contributed by atoms with E-state index in [1.807, 2.05) is 0 Å². The van der Waals surface area contributed by atoms with Crippen LogP contribution in [0.5, 0.6) is 0 Å². The van der Waals surface area contributed by atoms with E-state index in [0.717, 1.165) is 0 Å². The van der Waals surface area contributed by atoms with Gasteiger partial charge in [-0.05, 0) is 13.8 Å². The first-order valence-corrected chi connectivity index (χ1v) is 5.74. The predicted molar refractivity (Wildman–Crippen MR) is 66.3 cm³/mol. The van der Waals surface area contributed by atoms with Crippen LogP contribution < -0.4 is 11.1 Å². The molecule has 1 atom stereocenters. The number of aliphatic hydroxyl groups excluding tert-OH is 1. The van der Waals surface area contributed by atoms with E-state index in [1.165, 1.54) is 4.68 Å². The smallest absolute Gasteiger partial charge is 0.312 e. The molecule has 0 radical (unpaired) electrons. The highest BCUT2D eigenvalue weighted by Crippen LogP contribution is 2.21. The third-order valence-electron chi connectivity index (χ3n) is 2.61. The summed E-state index contributed by atoms with van der Waals surface area (Å²) < 4.78 is 1.46.